The van der Waals surface area contributed by atoms with Crippen molar-refractivity contribution in [2.45, 2.75) is 32.5 Å². The molecule has 4 aromatic heterocycles. The summed E-state index contributed by atoms with van der Waals surface area (Å²) in [6.45, 7) is 9.70. The summed E-state index contributed by atoms with van der Waals surface area (Å²) in [5.74, 6) is 1.89. The molecule has 0 unspecified atom stereocenters. The van der Waals surface area contributed by atoms with Crippen LogP contribution in [0.25, 0.3) is 22.5 Å². The molecule has 0 amide bonds. The first-order chi connectivity index (χ1) is 16.4. The first-order valence-corrected chi connectivity index (χ1v) is 11.7. The van der Waals surface area contributed by atoms with Gasteiger partial charge in [0.2, 0.25) is 5.78 Å². The van der Waals surface area contributed by atoms with Gasteiger partial charge in [-0.25, -0.2) is 0 Å². The molecule has 172 valence electrons. The van der Waals surface area contributed by atoms with Gasteiger partial charge in [0.1, 0.15) is 5.76 Å². The molecule has 0 aliphatic rings. The van der Waals surface area contributed by atoms with E-state index < -0.39 is 0 Å². The van der Waals surface area contributed by atoms with Gasteiger partial charge in [0.15, 0.2) is 16.8 Å². The number of ketones is 1. The van der Waals surface area contributed by atoms with Crippen LogP contribution in [0.5, 0.6) is 0 Å². The van der Waals surface area contributed by atoms with Gasteiger partial charge >= 0.3 is 0 Å². The van der Waals surface area contributed by atoms with Gasteiger partial charge in [-0.2, -0.15) is 0 Å². The topological polar surface area (TPSA) is 100 Å². The van der Waals surface area contributed by atoms with Crippen molar-refractivity contribution < 1.29 is 9.32 Å². The van der Waals surface area contributed by atoms with Gasteiger partial charge in [-0.1, -0.05) is 35.1 Å². The Labute approximate surface area is 198 Å². The van der Waals surface area contributed by atoms with E-state index in [0.29, 0.717) is 45.5 Å². The number of allylic oxidation sites excluding steroid dienone is 1. The average Bonchev–Trinajstić information content (AvgIpc) is 3.52. The zero-order chi connectivity index (χ0) is 24.0. The molecule has 0 saturated carbocycles. The van der Waals surface area contributed by atoms with Gasteiger partial charge in [-0.05, 0) is 39.0 Å². The standard InChI is InChI=1S/C24H22N6O3S/c1-5-10-28-22(32)17-8-6-7-9-19(17)30-23(28)25-26-24(30)34-13-20(31)18-11-14(2)29(16(18)4)21-12-15(3)33-27-21/h5-9,11-12H,1,10,13H2,2-4H3. The normalized spacial score (nSPS) is 11.5. The first kappa shape index (κ1) is 21.9. The van der Waals surface area contributed by atoms with Gasteiger partial charge < -0.3 is 4.52 Å². The van der Waals surface area contributed by atoms with Crippen LogP contribution in [0, 0.1) is 20.8 Å². The maximum atomic E-state index is 13.2. The van der Waals surface area contributed by atoms with Crippen LogP contribution in [0.15, 0.2) is 63.5 Å². The van der Waals surface area contributed by atoms with E-state index in [1.54, 1.807) is 12.1 Å². The minimum atomic E-state index is -0.154. The Morgan fingerprint density at radius 3 is 2.71 bits per heavy atom. The quantitative estimate of drug-likeness (QED) is 0.200. The number of Topliss-reactive ketones (excluding diaryl/α,β-unsaturated/α-hetero) is 1. The molecule has 0 aliphatic heterocycles. The maximum Gasteiger partial charge on any atom is 0.263 e. The lowest BCUT2D eigenvalue weighted by Gasteiger charge is -2.09. The fourth-order valence-corrected chi connectivity index (χ4v) is 5.01. The molecule has 0 atom stereocenters. The van der Waals surface area contributed by atoms with Crippen LogP contribution in [-0.2, 0) is 6.54 Å². The lowest BCUT2D eigenvalue weighted by atomic mass is 10.2. The van der Waals surface area contributed by atoms with E-state index in [-0.39, 0.29) is 17.1 Å². The molecule has 0 radical (unpaired) electrons. The van der Waals surface area contributed by atoms with E-state index in [9.17, 15) is 9.59 Å². The van der Waals surface area contributed by atoms with E-state index in [1.807, 2.05) is 60.1 Å². The van der Waals surface area contributed by atoms with E-state index in [2.05, 4.69) is 21.9 Å². The Balaban J connectivity index is 1.50. The highest BCUT2D eigenvalue weighted by molar-refractivity contribution is 7.99. The number of carbonyl (C=O) groups excluding carboxylic acids is 1. The molecule has 5 rings (SSSR count). The number of aromatic nitrogens is 6. The molecule has 0 spiro atoms. The van der Waals surface area contributed by atoms with Gasteiger partial charge in [-0.3, -0.25) is 23.1 Å². The highest BCUT2D eigenvalue weighted by Gasteiger charge is 2.21. The largest absolute Gasteiger partial charge is 0.360 e. The van der Waals surface area contributed by atoms with Crippen molar-refractivity contribution in [3.63, 3.8) is 0 Å². The minimum absolute atomic E-state index is 0.0370. The minimum Gasteiger partial charge on any atom is -0.360 e. The van der Waals surface area contributed by atoms with Crippen molar-refractivity contribution in [1.82, 2.24) is 28.9 Å². The number of thioether (sulfide) groups is 1. The molecule has 10 heteroatoms. The lowest BCUT2D eigenvalue weighted by Crippen LogP contribution is -2.22. The van der Waals surface area contributed by atoms with E-state index in [1.165, 1.54) is 16.3 Å². The second kappa shape index (κ2) is 8.45. The summed E-state index contributed by atoms with van der Waals surface area (Å²) in [6.07, 6.45) is 1.65. The second-order valence-corrected chi connectivity index (χ2v) is 8.91. The first-order valence-electron chi connectivity index (χ1n) is 10.7. The zero-order valence-electron chi connectivity index (χ0n) is 19.0. The molecular weight excluding hydrogens is 452 g/mol. The smallest absolute Gasteiger partial charge is 0.263 e. The van der Waals surface area contributed by atoms with Crippen molar-refractivity contribution in [3.05, 3.63) is 82.1 Å². The number of para-hydroxylation sites is 1. The SMILES string of the molecule is C=CCn1c(=O)c2ccccc2n2c(SCC(=O)c3cc(C)n(-c4cc(C)on4)c3C)nnc12. The van der Waals surface area contributed by atoms with Gasteiger partial charge in [-0.15, -0.1) is 16.8 Å². The van der Waals surface area contributed by atoms with Crippen molar-refractivity contribution in [2.24, 2.45) is 0 Å². The molecule has 0 N–H and O–H groups in total. The Morgan fingerprint density at radius 1 is 1.18 bits per heavy atom. The van der Waals surface area contributed by atoms with Gasteiger partial charge in [0.05, 0.1) is 16.7 Å². The Hall–Kier alpha value is -3.92. The molecule has 1 aromatic carbocycles. The molecule has 0 bridgehead atoms. The maximum absolute atomic E-state index is 13.2. The predicted molar refractivity (Wildman–Crippen MR) is 130 cm³/mol. The van der Waals surface area contributed by atoms with Crippen LogP contribution in [0.3, 0.4) is 0 Å². The summed E-state index contributed by atoms with van der Waals surface area (Å²) >= 11 is 1.29. The number of nitrogens with zero attached hydrogens (tertiary/aromatic N) is 6. The van der Waals surface area contributed by atoms with Crippen molar-refractivity contribution in [3.8, 4) is 5.82 Å². The van der Waals surface area contributed by atoms with Crippen LogP contribution < -0.4 is 5.56 Å². The van der Waals surface area contributed by atoms with Gasteiger partial charge in [0, 0.05) is 29.6 Å². The molecule has 0 fully saturated rings. The number of carbonyl (C=O) groups is 1. The lowest BCUT2D eigenvalue weighted by molar-refractivity contribution is 0.102. The van der Waals surface area contributed by atoms with Crippen LogP contribution in [-0.4, -0.2) is 40.4 Å². The summed E-state index contributed by atoms with van der Waals surface area (Å²) < 4.78 is 10.5. The zero-order valence-corrected chi connectivity index (χ0v) is 19.8. The van der Waals surface area contributed by atoms with E-state index in [4.69, 9.17) is 4.52 Å². The fraction of sp³-hybridized carbons (Fsp3) is 0.208. The fourth-order valence-electron chi connectivity index (χ4n) is 4.18. The van der Waals surface area contributed by atoms with Crippen molar-refractivity contribution >= 4 is 34.2 Å². The molecule has 5 aromatic rings. The Kier molecular flexibility index (Phi) is 5.45. The molecule has 4 heterocycles. The van der Waals surface area contributed by atoms with Crippen LogP contribution >= 0.6 is 11.8 Å². The molecular formula is C24H22N6O3S. The Bertz CT molecular complexity index is 1640. The van der Waals surface area contributed by atoms with E-state index >= 15 is 0 Å². The third kappa shape index (κ3) is 3.47. The van der Waals surface area contributed by atoms with Crippen LogP contribution in [0.1, 0.15) is 27.5 Å². The molecule has 34 heavy (non-hydrogen) atoms. The number of aryl methyl sites for hydroxylation is 2. The number of rotatable bonds is 7. The average molecular weight is 475 g/mol. The predicted octanol–water partition coefficient (Wildman–Crippen LogP) is 3.91. The number of hydrogen-bond donors (Lipinski definition) is 0. The van der Waals surface area contributed by atoms with Crippen molar-refractivity contribution in [2.75, 3.05) is 5.75 Å². The molecule has 9 nitrogen and oxygen atoms in total. The monoisotopic (exact) mass is 474 g/mol. The van der Waals surface area contributed by atoms with Crippen LogP contribution in [0.4, 0.5) is 0 Å². The van der Waals surface area contributed by atoms with Crippen LogP contribution in [0.2, 0.25) is 0 Å². The second-order valence-electron chi connectivity index (χ2n) is 7.97. The van der Waals surface area contributed by atoms with Gasteiger partial charge in [0.25, 0.3) is 5.56 Å². The van der Waals surface area contributed by atoms with E-state index in [0.717, 1.165) is 11.4 Å². The van der Waals surface area contributed by atoms with Crippen molar-refractivity contribution in [1.29, 1.82) is 0 Å². The summed E-state index contributed by atoms with van der Waals surface area (Å²) in [6, 6.07) is 11.0. The summed E-state index contributed by atoms with van der Waals surface area (Å²) in [5, 5.41) is 13.7. The Morgan fingerprint density at radius 2 is 1.97 bits per heavy atom. The summed E-state index contributed by atoms with van der Waals surface area (Å²) in [5.41, 5.74) is 2.85. The summed E-state index contributed by atoms with van der Waals surface area (Å²) in [7, 11) is 0. The number of fused-ring (bicyclic) bond motifs is 3. The highest BCUT2D eigenvalue weighted by atomic mass is 32.2. The molecule has 0 aliphatic carbocycles. The third-order valence-electron chi connectivity index (χ3n) is 5.70. The highest BCUT2D eigenvalue weighted by Crippen LogP contribution is 2.25. The number of hydrogen-bond acceptors (Lipinski definition) is 7. The third-order valence-corrected chi connectivity index (χ3v) is 6.63. The summed E-state index contributed by atoms with van der Waals surface area (Å²) in [4.78, 5) is 26.1. The molecule has 0 saturated heterocycles. The number of benzene rings is 1.